The summed E-state index contributed by atoms with van der Waals surface area (Å²) in [5.41, 5.74) is 2.58. The summed E-state index contributed by atoms with van der Waals surface area (Å²) >= 11 is 0. The van der Waals surface area contributed by atoms with E-state index in [1.807, 2.05) is 61.5 Å². The molecule has 8 heteroatoms. The summed E-state index contributed by atoms with van der Waals surface area (Å²) in [6, 6.07) is 19.1. The first-order chi connectivity index (χ1) is 14.2. The quantitative estimate of drug-likeness (QED) is 0.526. The lowest BCUT2D eigenvalue weighted by Gasteiger charge is -2.05. The van der Waals surface area contributed by atoms with Crippen LogP contribution in [0.25, 0.3) is 0 Å². The van der Waals surface area contributed by atoms with Crippen LogP contribution < -0.4 is 10.1 Å². The Balaban J connectivity index is 1.34. The Hall–Kier alpha value is -3.94. The number of hydrogen-bond donors (Lipinski definition) is 1. The van der Waals surface area contributed by atoms with Crippen LogP contribution in [0.1, 0.15) is 21.6 Å². The second-order valence-corrected chi connectivity index (χ2v) is 6.47. The summed E-state index contributed by atoms with van der Waals surface area (Å²) in [5.74, 6) is 0.591. The summed E-state index contributed by atoms with van der Waals surface area (Å²) in [6.45, 7) is 2.84. The number of amides is 1. The van der Waals surface area contributed by atoms with Gasteiger partial charge < -0.3 is 4.74 Å². The summed E-state index contributed by atoms with van der Waals surface area (Å²) < 4.78 is 8.85. The normalized spacial score (nSPS) is 10.7. The van der Waals surface area contributed by atoms with Crippen LogP contribution in [0.15, 0.2) is 73.2 Å². The van der Waals surface area contributed by atoms with Gasteiger partial charge in [-0.25, -0.2) is 14.3 Å². The number of para-hydroxylation sites is 1. The number of aryl methyl sites for hydroxylation is 1. The molecule has 1 amide bonds. The van der Waals surface area contributed by atoms with Crippen LogP contribution in [0.3, 0.4) is 0 Å². The number of rotatable bonds is 7. The zero-order valence-corrected chi connectivity index (χ0v) is 15.9. The van der Waals surface area contributed by atoms with Gasteiger partial charge in [0, 0.05) is 6.20 Å². The molecule has 0 fully saturated rings. The fourth-order valence-corrected chi connectivity index (χ4v) is 2.77. The Morgan fingerprint density at radius 2 is 1.79 bits per heavy atom. The van der Waals surface area contributed by atoms with Crippen LogP contribution in [0, 0.1) is 6.92 Å². The molecule has 0 aliphatic rings. The number of nitrogens with zero attached hydrogens (tertiary/aromatic N) is 5. The van der Waals surface area contributed by atoms with Gasteiger partial charge in [0.15, 0.2) is 12.4 Å². The minimum absolute atomic E-state index is 0.209. The van der Waals surface area contributed by atoms with Crippen molar-refractivity contribution >= 4 is 11.9 Å². The first kappa shape index (κ1) is 18.4. The average molecular weight is 388 g/mol. The molecule has 0 unspecified atom stereocenters. The number of hydrogen-bond acceptors (Lipinski definition) is 5. The van der Waals surface area contributed by atoms with E-state index < -0.39 is 0 Å². The highest BCUT2D eigenvalue weighted by Crippen LogP contribution is 2.11. The van der Waals surface area contributed by atoms with E-state index in [1.54, 1.807) is 28.0 Å². The van der Waals surface area contributed by atoms with Gasteiger partial charge >= 0.3 is 0 Å². The third-order valence-corrected chi connectivity index (χ3v) is 4.34. The van der Waals surface area contributed by atoms with Gasteiger partial charge in [0.2, 0.25) is 5.95 Å². The maximum Gasteiger partial charge on any atom is 0.278 e. The standard InChI is InChI=1S/C21H20N6O2/c1-16-7-5-6-8-17(16)13-27-14-22-21(25-27)23-20(28)19-11-12-26(24-19)15-29-18-9-3-2-4-10-18/h2-12,14H,13,15H2,1H3,(H,23,25,28). The number of ether oxygens (including phenoxy) is 1. The van der Waals surface area contributed by atoms with Gasteiger partial charge in [-0.1, -0.05) is 42.5 Å². The van der Waals surface area contributed by atoms with Crippen molar-refractivity contribution in [1.29, 1.82) is 0 Å². The highest BCUT2D eigenvalue weighted by molar-refractivity contribution is 6.01. The van der Waals surface area contributed by atoms with Crippen molar-refractivity contribution < 1.29 is 9.53 Å². The van der Waals surface area contributed by atoms with Crippen LogP contribution in [-0.2, 0) is 13.3 Å². The molecule has 0 bridgehead atoms. The Morgan fingerprint density at radius 1 is 1.00 bits per heavy atom. The molecule has 146 valence electrons. The minimum Gasteiger partial charge on any atom is -0.471 e. The second-order valence-electron chi connectivity index (χ2n) is 6.47. The summed E-state index contributed by atoms with van der Waals surface area (Å²) in [4.78, 5) is 16.6. The third-order valence-electron chi connectivity index (χ3n) is 4.34. The molecule has 8 nitrogen and oxygen atoms in total. The molecular weight excluding hydrogens is 368 g/mol. The summed E-state index contributed by atoms with van der Waals surface area (Å²) in [5, 5.41) is 11.2. The molecule has 1 N–H and O–H groups in total. The van der Waals surface area contributed by atoms with Crippen LogP contribution in [0.4, 0.5) is 5.95 Å². The largest absolute Gasteiger partial charge is 0.471 e. The summed E-state index contributed by atoms with van der Waals surface area (Å²) in [7, 11) is 0. The monoisotopic (exact) mass is 388 g/mol. The maximum absolute atomic E-state index is 12.4. The van der Waals surface area contributed by atoms with E-state index in [0.29, 0.717) is 6.54 Å². The third kappa shape index (κ3) is 4.67. The van der Waals surface area contributed by atoms with E-state index in [-0.39, 0.29) is 24.3 Å². The number of nitrogens with one attached hydrogen (secondary N) is 1. The predicted octanol–water partition coefficient (Wildman–Crippen LogP) is 3.12. The van der Waals surface area contributed by atoms with Crippen LogP contribution in [0.2, 0.25) is 0 Å². The average Bonchev–Trinajstić information content (AvgIpc) is 3.39. The zero-order valence-electron chi connectivity index (χ0n) is 15.9. The van der Waals surface area contributed by atoms with Gasteiger partial charge in [-0.15, -0.1) is 5.10 Å². The molecule has 29 heavy (non-hydrogen) atoms. The fraction of sp³-hybridized carbons (Fsp3) is 0.143. The summed E-state index contributed by atoms with van der Waals surface area (Å²) in [6.07, 6.45) is 3.27. The van der Waals surface area contributed by atoms with Gasteiger partial charge in [-0.2, -0.15) is 5.10 Å². The predicted molar refractivity (Wildman–Crippen MR) is 108 cm³/mol. The van der Waals surface area contributed by atoms with Gasteiger partial charge in [0.25, 0.3) is 5.91 Å². The van der Waals surface area contributed by atoms with E-state index >= 15 is 0 Å². The van der Waals surface area contributed by atoms with Crippen molar-refractivity contribution in [2.45, 2.75) is 20.2 Å². The number of aromatic nitrogens is 5. The highest BCUT2D eigenvalue weighted by atomic mass is 16.5. The van der Waals surface area contributed by atoms with E-state index in [9.17, 15) is 4.79 Å². The first-order valence-electron chi connectivity index (χ1n) is 9.14. The van der Waals surface area contributed by atoms with Crippen molar-refractivity contribution in [2.75, 3.05) is 5.32 Å². The lowest BCUT2D eigenvalue weighted by molar-refractivity contribution is 0.101. The van der Waals surface area contributed by atoms with Crippen molar-refractivity contribution in [1.82, 2.24) is 24.5 Å². The molecule has 0 saturated carbocycles. The number of benzene rings is 2. The van der Waals surface area contributed by atoms with Gasteiger partial charge in [-0.3, -0.25) is 10.1 Å². The molecule has 0 aliphatic carbocycles. The molecule has 4 aromatic rings. The molecular formula is C21H20N6O2. The molecule has 4 rings (SSSR count). The Labute approximate surface area is 167 Å². The molecule has 0 aliphatic heterocycles. The first-order valence-corrected chi connectivity index (χ1v) is 9.14. The molecule has 0 spiro atoms. The minimum atomic E-state index is -0.378. The van der Waals surface area contributed by atoms with E-state index in [1.165, 1.54) is 5.56 Å². The SMILES string of the molecule is Cc1ccccc1Cn1cnc(NC(=O)c2ccn(COc3ccccc3)n2)n1. The molecule has 0 saturated heterocycles. The zero-order chi connectivity index (χ0) is 20.1. The number of carbonyl (C=O) groups excluding carboxylic acids is 1. The van der Waals surface area contributed by atoms with Crippen LogP contribution in [0.5, 0.6) is 5.75 Å². The van der Waals surface area contributed by atoms with Crippen molar-refractivity contribution in [3.05, 3.63) is 90.0 Å². The number of carbonyl (C=O) groups is 1. The fourth-order valence-electron chi connectivity index (χ4n) is 2.77. The van der Waals surface area contributed by atoms with E-state index in [4.69, 9.17) is 4.74 Å². The van der Waals surface area contributed by atoms with Gasteiger partial charge in [-0.05, 0) is 36.2 Å². The smallest absolute Gasteiger partial charge is 0.278 e. The molecule has 0 atom stereocenters. The van der Waals surface area contributed by atoms with Crippen molar-refractivity contribution in [2.24, 2.45) is 0 Å². The highest BCUT2D eigenvalue weighted by Gasteiger charge is 2.13. The molecule has 0 radical (unpaired) electrons. The van der Waals surface area contributed by atoms with E-state index in [2.05, 4.69) is 20.5 Å². The molecule has 2 aromatic carbocycles. The molecule has 2 aromatic heterocycles. The lowest BCUT2D eigenvalue weighted by Crippen LogP contribution is -2.15. The lowest BCUT2D eigenvalue weighted by atomic mass is 10.1. The van der Waals surface area contributed by atoms with Crippen LogP contribution >= 0.6 is 0 Å². The van der Waals surface area contributed by atoms with Crippen LogP contribution in [-0.4, -0.2) is 30.5 Å². The Morgan fingerprint density at radius 3 is 2.62 bits per heavy atom. The Kier molecular flexibility index (Phi) is 5.33. The number of anilines is 1. The van der Waals surface area contributed by atoms with Crippen molar-refractivity contribution in [3.63, 3.8) is 0 Å². The van der Waals surface area contributed by atoms with Crippen molar-refractivity contribution in [3.8, 4) is 5.75 Å². The Bertz CT molecular complexity index is 1100. The second kappa shape index (κ2) is 8.39. The van der Waals surface area contributed by atoms with Gasteiger partial charge in [0.05, 0.1) is 6.54 Å². The van der Waals surface area contributed by atoms with E-state index in [0.717, 1.165) is 11.3 Å². The molecule has 2 heterocycles. The topological polar surface area (TPSA) is 86.9 Å². The van der Waals surface area contributed by atoms with Gasteiger partial charge in [0.1, 0.15) is 12.1 Å². The maximum atomic E-state index is 12.4.